The highest BCUT2D eigenvalue weighted by atomic mass is 32.2. The van der Waals surface area contributed by atoms with E-state index in [0.29, 0.717) is 40.9 Å². The van der Waals surface area contributed by atoms with Crippen molar-refractivity contribution in [2.24, 2.45) is 0 Å². The average Bonchev–Trinajstić information content (AvgIpc) is 3.28. The van der Waals surface area contributed by atoms with Crippen molar-refractivity contribution in [2.75, 3.05) is 25.0 Å². The van der Waals surface area contributed by atoms with E-state index in [1.807, 2.05) is 6.07 Å². The smallest absolute Gasteiger partial charge is 0.337 e. The third-order valence-corrected chi connectivity index (χ3v) is 7.12. The third kappa shape index (κ3) is 5.52. The van der Waals surface area contributed by atoms with Crippen LogP contribution in [0.15, 0.2) is 67.0 Å². The summed E-state index contributed by atoms with van der Waals surface area (Å²) in [4.78, 5) is 23.6. The molecule has 40 heavy (non-hydrogen) atoms. The number of nitrogens with one attached hydrogen (secondary N) is 3. The number of H-pyrrole nitrogens is 1. The fraction of sp³-hybridized carbons (Fsp3) is 0.148. The molecule has 0 unspecified atom stereocenters. The summed E-state index contributed by atoms with van der Waals surface area (Å²) < 4.78 is 41.6. The highest BCUT2D eigenvalue weighted by Gasteiger charge is 2.26. The van der Waals surface area contributed by atoms with E-state index < -0.39 is 16.2 Å². The minimum atomic E-state index is -4.25. The molecule has 0 amide bonds. The number of aromatic nitrogens is 3. The van der Waals surface area contributed by atoms with Crippen LogP contribution in [0.2, 0.25) is 0 Å². The maximum absolute atomic E-state index is 13.1. The summed E-state index contributed by atoms with van der Waals surface area (Å²) in [6.45, 7) is 0.717. The number of rotatable bonds is 11. The highest BCUT2D eigenvalue weighted by molar-refractivity contribution is 7.90. The lowest BCUT2D eigenvalue weighted by molar-refractivity contribution is 0.0698. The number of carbonyl (C=O) groups is 1. The largest absolute Gasteiger partial charge is 0.494 e. The van der Waals surface area contributed by atoms with E-state index in [1.165, 1.54) is 18.5 Å². The van der Waals surface area contributed by atoms with Crippen LogP contribution in [-0.4, -0.2) is 59.9 Å². The summed E-state index contributed by atoms with van der Waals surface area (Å²) in [7, 11) is -2.68. The van der Waals surface area contributed by atoms with Gasteiger partial charge in [0.25, 0.3) is 10.2 Å². The molecular weight excluding hydrogens is 538 g/mol. The molecule has 0 saturated heterocycles. The van der Waals surface area contributed by atoms with Crippen LogP contribution in [0.5, 0.6) is 11.6 Å². The van der Waals surface area contributed by atoms with Crippen molar-refractivity contribution in [2.45, 2.75) is 6.54 Å². The highest BCUT2D eigenvalue weighted by Crippen LogP contribution is 2.43. The van der Waals surface area contributed by atoms with Gasteiger partial charge in [0.1, 0.15) is 18.7 Å². The first kappa shape index (κ1) is 26.9. The molecule has 5 N–H and O–H groups in total. The molecule has 12 nitrogen and oxygen atoms in total. The second-order valence-corrected chi connectivity index (χ2v) is 10.2. The minimum Gasteiger partial charge on any atom is -0.494 e. The first-order chi connectivity index (χ1) is 19.3. The third-order valence-electron chi connectivity index (χ3n) is 6.12. The van der Waals surface area contributed by atoms with Gasteiger partial charge >= 0.3 is 5.97 Å². The number of anilines is 1. The number of hydrogen-bond acceptors (Lipinski definition) is 8. The van der Waals surface area contributed by atoms with Gasteiger partial charge in [0.15, 0.2) is 5.88 Å². The predicted molar refractivity (Wildman–Crippen MR) is 149 cm³/mol. The van der Waals surface area contributed by atoms with Crippen molar-refractivity contribution in [3.05, 3.63) is 78.1 Å². The molecule has 2 aromatic heterocycles. The normalized spacial score (nSPS) is 11.6. The standard InChI is InChI=1S/C27H25N5O7S/c1-38-11-12-39-17-7-8-18-21(13-17)28-15-29-24(18)23-22-20(31-26(23)33)10-9-19(27(34)35)25(22)32-40(36,37)30-14-16-5-3-2-4-6-16/h2-10,13,15,30-33H,11-12,14H2,1H3,(H,34,35). The number of aromatic hydroxyl groups is 1. The Bertz CT molecular complexity index is 1810. The van der Waals surface area contributed by atoms with Crippen LogP contribution in [0.4, 0.5) is 5.69 Å². The Labute approximate surface area is 228 Å². The van der Waals surface area contributed by atoms with Crippen LogP contribution in [0.1, 0.15) is 15.9 Å². The van der Waals surface area contributed by atoms with E-state index in [2.05, 4.69) is 24.4 Å². The van der Waals surface area contributed by atoms with Gasteiger partial charge in [0.05, 0.1) is 40.1 Å². The average molecular weight is 564 g/mol. The number of benzene rings is 3. The Hall–Kier alpha value is -4.72. The van der Waals surface area contributed by atoms with E-state index in [4.69, 9.17) is 9.47 Å². The van der Waals surface area contributed by atoms with E-state index in [1.54, 1.807) is 49.6 Å². The zero-order valence-corrected chi connectivity index (χ0v) is 22.0. The lowest BCUT2D eigenvalue weighted by Gasteiger charge is -2.14. The van der Waals surface area contributed by atoms with Gasteiger partial charge in [-0.3, -0.25) is 4.72 Å². The van der Waals surface area contributed by atoms with Crippen molar-refractivity contribution in [3.63, 3.8) is 0 Å². The molecule has 0 aliphatic heterocycles. The van der Waals surface area contributed by atoms with Crippen molar-refractivity contribution in [1.29, 1.82) is 0 Å². The Morgan fingerprint density at radius 3 is 2.60 bits per heavy atom. The Balaban J connectivity index is 1.62. The molecule has 0 radical (unpaired) electrons. The van der Waals surface area contributed by atoms with Crippen molar-refractivity contribution in [1.82, 2.24) is 19.7 Å². The van der Waals surface area contributed by atoms with Gasteiger partial charge in [0, 0.05) is 30.5 Å². The quantitative estimate of drug-likeness (QED) is 0.150. The molecular formula is C27H25N5O7S. The van der Waals surface area contributed by atoms with Gasteiger partial charge in [-0.2, -0.15) is 13.1 Å². The van der Waals surface area contributed by atoms with Crippen molar-refractivity contribution < 1.29 is 32.9 Å². The molecule has 5 aromatic rings. The topological polar surface area (TPSA) is 176 Å². The van der Waals surface area contributed by atoms with Crippen LogP contribution in [0.3, 0.4) is 0 Å². The maximum atomic E-state index is 13.1. The summed E-state index contributed by atoms with van der Waals surface area (Å²) in [5, 5.41) is 21.5. The molecule has 0 bridgehead atoms. The fourth-order valence-electron chi connectivity index (χ4n) is 4.30. The molecule has 0 atom stereocenters. The number of methoxy groups -OCH3 is 1. The summed E-state index contributed by atoms with van der Waals surface area (Å²) in [5.41, 5.74) is 1.33. The molecule has 0 aliphatic carbocycles. The molecule has 0 saturated carbocycles. The molecule has 2 heterocycles. The van der Waals surface area contributed by atoms with Crippen LogP contribution in [-0.2, 0) is 21.5 Å². The second-order valence-electron chi connectivity index (χ2n) is 8.72. The Morgan fingerprint density at radius 1 is 1.05 bits per heavy atom. The molecule has 0 fully saturated rings. The Kier molecular flexibility index (Phi) is 7.51. The number of carboxylic acid groups (broad SMARTS) is 1. The van der Waals surface area contributed by atoms with Crippen molar-refractivity contribution >= 4 is 43.7 Å². The van der Waals surface area contributed by atoms with Crippen LogP contribution in [0.25, 0.3) is 33.1 Å². The van der Waals surface area contributed by atoms with Gasteiger partial charge < -0.3 is 24.7 Å². The van der Waals surface area contributed by atoms with Gasteiger partial charge in [0.2, 0.25) is 0 Å². The number of carboxylic acids is 1. The zero-order valence-electron chi connectivity index (χ0n) is 21.2. The molecule has 0 spiro atoms. The SMILES string of the molecule is COCCOc1ccc2c(-c3c(O)[nH]c4ccc(C(=O)O)c(NS(=O)(=O)NCc5ccccc5)c34)ncnc2c1. The number of aromatic amines is 1. The monoisotopic (exact) mass is 563 g/mol. The molecule has 3 aromatic carbocycles. The summed E-state index contributed by atoms with van der Waals surface area (Å²) in [5.74, 6) is -1.14. The molecule has 5 rings (SSSR count). The Morgan fingerprint density at radius 2 is 1.85 bits per heavy atom. The number of hydrogen-bond donors (Lipinski definition) is 5. The summed E-state index contributed by atoms with van der Waals surface area (Å²) >= 11 is 0. The molecule has 13 heteroatoms. The lowest BCUT2D eigenvalue weighted by atomic mass is 10.0. The van der Waals surface area contributed by atoms with Crippen LogP contribution < -0.4 is 14.2 Å². The van der Waals surface area contributed by atoms with Crippen molar-refractivity contribution in [3.8, 4) is 22.9 Å². The van der Waals surface area contributed by atoms with E-state index in [0.717, 1.165) is 0 Å². The summed E-state index contributed by atoms with van der Waals surface area (Å²) in [6.07, 6.45) is 1.29. The van der Waals surface area contributed by atoms with Crippen LogP contribution >= 0.6 is 0 Å². The maximum Gasteiger partial charge on any atom is 0.337 e. The zero-order chi connectivity index (χ0) is 28.3. The number of nitrogens with zero attached hydrogens (tertiary/aromatic N) is 2. The second kappa shape index (κ2) is 11.2. The van der Waals surface area contributed by atoms with Crippen LogP contribution in [0, 0.1) is 0 Å². The minimum absolute atomic E-state index is 0.0227. The molecule has 0 aliphatic rings. The first-order valence-electron chi connectivity index (χ1n) is 12.1. The van der Waals surface area contributed by atoms with Gasteiger partial charge in [-0.25, -0.2) is 14.8 Å². The van der Waals surface area contributed by atoms with Gasteiger partial charge in [-0.1, -0.05) is 30.3 Å². The van der Waals surface area contributed by atoms with Gasteiger partial charge in [-0.15, -0.1) is 0 Å². The van der Waals surface area contributed by atoms with E-state index >= 15 is 0 Å². The fourth-order valence-corrected chi connectivity index (χ4v) is 5.21. The molecule has 206 valence electrons. The lowest BCUT2D eigenvalue weighted by Crippen LogP contribution is -2.30. The van der Waals surface area contributed by atoms with E-state index in [-0.39, 0.29) is 40.3 Å². The number of fused-ring (bicyclic) bond motifs is 2. The predicted octanol–water partition coefficient (Wildman–Crippen LogP) is 3.65. The number of aromatic carboxylic acids is 1. The van der Waals surface area contributed by atoms with E-state index in [9.17, 15) is 23.4 Å². The first-order valence-corrected chi connectivity index (χ1v) is 13.5. The van der Waals surface area contributed by atoms with Gasteiger partial charge in [-0.05, 0) is 29.8 Å². The number of ether oxygens (including phenoxy) is 2. The summed E-state index contributed by atoms with van der Waals surface area (Å²) in [6, 6.07) is 16.7.